The Morgan fingerprint density at radius 3 is 2.41 bits per heavy atom. The van der Waals surface area contributed by atoms with Gasteiger partial charge in [-0.1, -0.05) is 54.1 Å². The van der Waals surface area contributed by atoms with Crippen LogP contribution in [0.3, 0.4) is 0 Å². The van der Waals surface area contributed by atoms with E-state index in [4.69, 9.17) is 16.3 Å². The van der Waals surface area contributed by atoms with Gasteiger partial charge in [-0.2, -0.15) is 0 Å². The maximum Gasteiger partial charge on any atom is 0.337 e. The van der Waals surface area contributed by atoms with E-state index in [9.17, 15) is 18.8 Å². The van der Waals surface area contributed by atoms with Gasteiger partial charge in [0.2, 0.25) is 0 Å². The van der Waals surface area contributed by atoms with E-state index in [1.54, 1.807) is 35.2 Å². The smallest absolute Gasteiger partial charge is 0.337 e. The summed E-state index contributed by atoms with van der Waals surface area (Å²) in [5.41, 5.74) is 3.18. The summed E-state index contributed by atoms with van der Waals surface area (Å²) in [6, 6.07) is 21.3. The van der Waals surface area contributed by atoms with Crippen molar-refractivity contribution in [2.24, 2.45) is 0 Å². The molecule has 0 spiro atoms. The molecule has 1 saturated heterocycles. The molecule has 0 aliphatic carbocycles. The Balaban J connectivity index is 1.27. The molecule has 0 bridgehead atoms. The molecule has 2 amide bonds. The Morgan fingerprint density at radius 1 is 1.05 bits per heavy atom. The van der Waals surface area contributed by atoms with E-state index in [0.29, 0.717) is 29.2 Å². The summed E-state index contributed by atoms with van der Waals surface area (Å²) in [5, 5.41) is 3.29. The van der Waals surface area contributed by atoms with Crippen LogP contribution >= 0.6 is 22.9 Å². The second-order valence-electron chi connectivity index (χ2n) is 9.61. The van der Waals surface area contributed by atoms with Gasteiger partial charge >= 0.3 is 5.97 Å². The first-order valence-electron chi connectivity index (χ1n) is 13.1. The standard InChI is InChI=1S/C31H27ClFN3O4S/c1-40-31(39)22-9-7-19(8-10-22)20-13-15-36(16-14-20)30(38)24-17-23(11-12-25(24)32)34-29(37)27-28(41-26(18-33)35-27)21-5-3-2-4-6-21/h2-12,17,20H,13-16,18H2,1H3,(H,34,37). The van der Waals surface area contributed by atoms with E-state index in [-0.39, 0.29) is 39.1 Å². The third kappa shape index (κ3) is 6.31. The molecule has 0 saturated carbocycles. The minimum Gasteiger partial charge on any atom is -0.465 e. The second-order valence-corrected chi connectivity index (χ2v) is 11.1. The number of alkyl halides is 1. The molecular weight excluding hydrogens is 565 g/mol. The number of esters is 1. The monoisotopic (exact) mass is 591 g/mol. The van der Waals surface area contributed by atoms with Crippen LogP contribution in [0, 0.1) is 0 Å². The van der Waals surface area contributed by atoms with Gasteiger partial charge in [0.25, 0.3) is 11.8 Å². The molecule has 5 rings (SSSR count). The van der Waals surface area contributed by atoms with Crippen molar-refractivity contribution in [1.82, 2.24) is 9.88 Å². The number of hydrogen-bond acceptors (Lipinski definition) is 6. The molecule has 41 heavy (non-hydrogen) atoms. The second kappa shape index (κ2) is 12.6. The van der Waals surface area contributed by atoms with Crippen LogP contribution in [0.2, 0.25) is 5.02 Å². The lowest BCUT2D eigenvalue weighted by Crippen LogP contribution is -2.38. The number of nitrogens with zero attached hydrogens (tertiary/aromatic N) is 2. The molecule has 4 aromatic rings. The molecule has 1 fully saturated rings. The number of amides is 2. The number of methoxy groups -OCH3 is 1. The van der Waals surface area contributed by atoms with Crippen molar-refractivity contribution in [3.63, 3.8) is 0 Å². The Morgan fingerprint density at radius 2 is 1.76 bits per heavy atom. The van der Waals surface area contributed by atoms with Gasteiger partial charge in [-0.05, 0) is 60.2 Å². The molecule has 3 aromatic carbocycles. The van der Waals surface area contributed by atoms with E-state index < -0.39 is 12.6 Å². The summed E-state index contributed by atoms with van der Waals surface area (Å²) >= 11 is 7.55. The lowest BCUT2D eigenvalue weighted by molar-refractivity contribution is 0.0599. The molecule has 210 valence electrons. The van der Waals surface area contributed by atoms with Crippen LogP contribution in [0.1, 0.15) is 60.5 Å². The van der Waals surface area contributed by atoms with Gasteiger partial charge in [0.15, 0.2) is 0 Å². The maximum atomic E-state index is 13.4. The highest BCUT2D eigenvalue weighted by molar-refractivity contribution is 7.15. The van der Waals surface area contributed by atoms with E-state index in [1.807, 2.05) is 42.5 Å². The normalized spacial score (nSPS) is 13.6. The van der Waals surface area contributed by atoms with Crippen molar-refractivity contribution in [1.29, 1.82) is 0 Å². The summed E-state index contributed by atoms with van der Waals surface area (Å²) < 4.78 is 18.2. The number of piperidine rings is 1. The number of halogens is 2. The quantitative estimate of drug-likeness (QED) is 0.234. The molecule has 1 aliphatic heterocycles. The number of carbonyl (C=O) groups excluding carboxylic acids is 3. The SMILES string of the molecule is COC(=O)c1ccc(C2CCN(C(=O)c3cc(NC(=O)c4nc(CF)sc4-c4ccccc4)ccc3Cl)CC2)cc1. The highest BCUT2D eigenvalue weighted by atomic mass is 35.5. The summed E-state index contributed by atoms with van der Waals surface area (Å²) in [7, 11) is 1.35. The third-order valence-electron chi connectivity index (χ3n) is 7.08. The number of ether oxygens (including phenoxy) is 1. The Labute approximate surface area is 245 Å². The predicted octanol–water partition coefficient (Wildman–Crippen LogP) is 6.99. The Kier molecular flexibility index (Phi) is 8.75. The van der Waals surface area contributed by atoms with Gasteiger partial charge in [-0.3, -0.25) is 9.59 Å². The Hall–Kier alpha value is -4.08. The minimum atomic E-state index is -0.771. The van der Waals surface area contributed by atoms with Gasteiger partial charge in [0, 0.05) is 18.8 Å². The first-order chi connectivity index (χ1) is 19.9. The highest BCUT2D eigenvalue weighted by Gasteiger charge is 2.27. The van der Waals surface area contributed by atoms with Gasteiger partial charge in [-0.25, -0.2) is 14.2 Å². The number of aromatic nitrogens is 1. The van der Waals surface area contributed by atoms with E-state index in [2.05, 4.69) is 10.3 Å². The van der Waals surface area contributed by atoms with Crippen LogP contribution in [0.5, 0.6) is 0 Å². The van der Waals surface area contributed by atoms with Crippen LogP contribution in [0.25, 0.3) is 10.4 Å². The first-order valence-corrected chi connectivity index (χ1v) is 14.3. The van der Waals surface area contributed by atoms with Crippen LogP contribution in [-0.4, -0.2) is 47.9 Å². The Bertz CT molecular complexity index is 1570. The van der Waals surface area contributed by atoms with Crippen molar-refractivity contribution < 1.29 is 23.5 Å². The summed E-state index contributed by atoms with van der Waals surface area (Å²) in [5.74, 6) is -0.832. The summed E-state index contributed by atoms with van der Waals surface area (Å²) in [4.78, 5) is 44.9. The van der Waals surface area contributed by atoms with Crippen LogP contribution < -0.4 is 5.32 Å². The molecule has 1 N–H and O–H groups in total. The predicted molar refractivity (Wildman–Crippen MR) is 157 cm³/mol. The van der Waals surface area contributed by atoms with Crippen LogP contribution in [0.4, 0.5) is 10.1 Å². The number of hydrogen-bond donors (Lipinski definition) is 1. The lowest BCUT2D eigenvalue weighted by atomic mass is 9.88. The molecule has 1 aromatic heterocycles. The fourth-order valence-electron chi connectivity index (χ4n) is 4.91. The molecule has 0 radical (unpaired) electrons. The largest absolute Gasteiger partial charge is 0.465 e. The fraction of sp³-hybridized carbons (Fsp3) is 0.226. The van der Waals surface area contributed by atoms with Crippen molar-refractivity contribution in [2.45, 2.75) is 25.4 Å². The maximum absolute atomic E-state index is 13.4. The number of likely N-dealkylation sites (tertiary alicyclic amines) is 1. The third-order valence-corrected chi connectivity index (χ3v) is 8.48. The minimum absolute atomic E-state index is 0.123. The zero-order valence-electron chi connectivity index (χ0n) is 22.2. The first kappa shape index (κ1) is 28.4. The number of thiazole rings is 1. The van der Waals surface area contributed by atoms with Crippen LogP contribution in [-0.2, 0) is 11.4 Å². The number of carbonyl (C=O) groups is 3. The van der Waals surface area contributed by atoms with E-state index in [1.165, 1.54) is 7.11 Å². The van der Waals surface area contributed by atoms with Crippen molar-refractivity contribution in [3.05, 3.63) is 105 Å². The molecule has 0 atom stereocenters. The van der Waals surface area contributed by atoms with E-state index in [0.717, 1.165) is 35.3 Å². The van der Waals surface area contributed by atoms with E-state index >= 15 is 0 Å². The van der Waals surface area contributed by atoms with Gasteiger partial charge in [0.1, 0.15) is 17.4 Å². The molecule has 1 aliphatic rings. The van der Waals surface area contributed by atoms with Gasteiger partial charge in [0.05, 0.1) is 28.1 Å². The zero-order valence-corrected chi connectivity index (χ0v) is 23.8. The average molecular weight is 592 g/mol. The molecule has 2 heterocycles. The number of benzene rings is 3. The highest BCUT2D eigenvalue weighted by Crippen LogP contribution is 2.33. The number of nitrogens with one attached hydrogen (secondary N) is 1. The summed E-state index contributed by atoms with van der Waals surface area (Å²) in [6.45, 7) is 0.313. The van der Waals surface area contributed by atoms with Crippen LogP contribution in [0.15, 0.2) is 72.8 Å². The fourth-order valence-corrected chi connectivity index (χ4v) is 6.03. The number of anilines is 1. The van der Waals surface area contributed by atoms with Crippen molar-refractivity contribution in [2.75, 3.05) is 25.5 Å². The molecule has 0 unspecified atom stereocenters. The summed E-state index contributed by atoms with van der Waals surface area (Å²) in [6.07, 6.45) is 1.53. The average Bonchev–Trinajstić information content (AvgIpc) is 3.47. The van der Waals surface area contributed by atoms with Crippen molar-refractivity contribution >= 4 is 46.4 Å². The van der Waals surface area contributed by atoms with Gasteiger partial charge < -0.3 is 15.0 Å². The van der Waals surface area contributed by atoms with Gasteiger partial charge in [-0.15, -0.1) is 11.3 Å². The lowest BCUT2D eigenvalue weighted by Gasteiger charge is -2.32. The number of rotatable bonds is 7. The molecular formula is C31H27ClFN3O4S. The van der Waals surface area contributed by atoms with Crippen molar-refractivity contribution in [3.8, 4) is 10.4 Å². The zero-order chi connectivity index (χ0) is 28.9. The molecule has 10 heteroatoms. The molecule has 7 nitrogen and oxygen atoms in total. The topological polar surface area (TPSA) is 88.6 Å².